The summed E-state index contributed by atoms with van der Waals surface area (Å²) in [7, 11) is 0. The van der Waals surface area contributed by atoms with Crippen molar-refractivity contribution in [2.45, 2.75) is 32.9 Å². The van der Waals surface area contributed by atoms with Crippen molar-refractivity contribution in [1.82, 2.24) is 20.4 Å². The van der Waals surface area contributed by atoms with Crippen LogP contribution in [-0.2, 0) is 22.6 Å². The van der Waals surface area contributed by atoms with Crippen LogP contribution in [0.4, 0.5) is 0 Å². The molecule has 2 saturated heterocycles. The van der Waals surface area contributed by atoms with E-state index >= 15 is 0 Å². The number of aliphatic imine (C=N–C) groups is 1. The largest absolute Gasteiger partial charge is 0.379 e. The SMILES string of the molecule is CCNC(=NCc1ccccc1CN1CCCC1=O)NCCN1CCOCC1.I. The van der Waals surface area contributed by atoms with Crippen molar-refractivity contribution in [2.75, 3.05) is 52.5 Å². The lowest BCUT2D eigenvalue weighted by atomic mass is 10.1. The zero-order valence-electron chi connectivity index (χ0n) is 17.4. The Morgan fingerprint density at radius 2 is 1.90 bits per heavy atom. The molecule has 29 heavy (non-hydrogen) atoms. The monoisotopic (exact) mass is 515 g/mol. The van der Waals surface area contributed by atoms with E-state index in [-0.39, 0.29) is 29.9 Å². The molecule has 0 atom stereocenters. The molecule has 8 heteroatoms. The fourth-order valence-electron chi connectivity index (χ4n) is 3.61. The molecular formula is C21H34IN5O2. The number of amides is 1. The highest BCUT2D eigenvalue weighted by Crippen LogP contribution is 2.17. The predicted octanol–water partition coefficient (Wildman–Crippen LogP) is 1.81. The molecule has 0 aliphatic carbocycles. The highest BCUT2D eigenvalue weighted by molar-refractivity contribution is 14.0. The van der Waals surface area contributed by atoms with Gasteiger partial charge in [0.2, 0.25) is 5.91 Å². The van der Waals surface area contributed by atoms with E-state index in [1.807, 2.05) is 17.0 Å². The zero-order valence-corrected chi connectivity index (χ0v) is 19.7. The average Bonchev–Trinajstić information content (AvgIpc) is 3.12. The van der Waals surface area contributed by atoms with Crippen molar-refractivity contribution in [2.24, 2.45) is 4.99 Å². The fourth-order valence-corrected chi connectivity index (χ4v) is 3.61. The van der Waals surface area contributed by atoms with Gasteiger partial charge in [-0.3, -0.25) is 9.69 Å². The topological polar surface area (TPSA) is 69.2 Å². The van der Waals surface area contributed by atoms with Crippen LogP contribution in [0.2, 0.25) is 0 Å². The molecular weight excluding hydrogens is 481 g/mol. The molecule has 2 N–H and O–H groups in total. The Hall–Kier alpha value is -1.39. The minimum Gasteiger partial charge on any atom is -0.379 e. The maximum Gasteiger partial charge on any atom is 0.222 e. The summed E-state index contributed by atoms with van der Waals surface area (Å²) in [6.45, 7) is 10.5. The molecule has 2 heterocycles. The molecule has 2 aliphatic rings. The van der Waals surface area contributed by atoms with Gasteiger partial charge in [-0.25, -0.2) is 4.99 Å². The van der Waals surface area contributed by atoms with Gasteiger partial charge in [0, 0.05) is 52.2 Å². The van der Waals surface area contributed by atoms with E-state index in [1.54, 1.807) is 0 Å². The Morgan fingerprint density at radius 3 is 2.59 bits per heavy atom. The Morgan fingerprint density at radius 1 is 1.14 bits per heavy atom. The van der Waals surface area contributed by atoms with Crippen molar-refractivity contribution < 1.29 is 9.53 Å². The number of carbonyl (C=O) groups excluding carboxylic acids is 1. The van der Waals surface area contributed by atoms with Crippen LogP contribution < -0.4 is 10.6 Å². The lowest BCUT2D eigenvalue weighted by molar-refractivity contribution is -0.128. The van der Waals surface area contributed by atoms with E-state index in [1.165, 1.54) is 11.1 Å². The number of ether oxygens (including phenoxy) is 1. The molecule has 2 aliphatic heterocycles. The summed E-state index contributed by atoms with van der Waals surface area (Å²) in [5.41, 5.74) is 2.36. The molecule has 0 unspecified atom stereocenters. The number of likely N-dealkylation sites (tertiary alicyclic amines) is 1. The summed E-state index contributed by atoms with van der Waals surface area (Å²) in [5, 5.41) is 6.75. The first-order chi connectivity index (χ1) is 13.8. The van der Waals surface area contributed by atoms with Gasteiger partial charge in [-0.2, -0.15) is 0 Å². The smallest absolute Gasteiger partial charge is 0.222 e. The molecule has 1 aromatic rings. The van der Waals surface area contributed by atoms with Crippen molar-refractivity contribution in [1.29, 1.82) is 0 Å². The number of rotatable bonds is 8. The van der Waals surface area contributed by atoms with E-state index in [0.29, 0.717) is 19.5 Å². The van der Waals surface area contributed by atoms with Gasteiger partial charge in [0.15, 0.2) is 5.96 Å². The number of benzene rings is 1. The Kier molecular flexibility index (Phi) is 10.7. The van der Waals surface area contributed by atoms with Gasteiger partial charge in [-0.05, 0) is 24.5 Å². The van der Waals surface area contributed by atoms with Crippen molar-refractivity contribution in [3.05, 3.63) is 35.4 Å². The van der Waals surface area contributed by atoms with Crippen LogP contribution in [0.15, 0.2) is 29.3 Å². The number of morpholine rings is 1. The average molecular weight is 515 g/mol. The van der Waals surface area contributed by atoms with Gasteiger partial charge in [0.1, 0.15) is 0 Å². The third-order valence-corrected chi connectivity index (χ3v) is 5.23. The summed E-state index contributed by atoms with van der Waals surface area (Å²) in [6.07, 6.45) is 1.65. The second-order valence-electron chi connectivity index (χ2n) is 7.26. The summed E-state index contributed by atoms with van der Waals surface area (Å²) >= 11 is 0. The molecule has 0 aromatic heterocycles. The Bertz CT molecular complexity index is 664. The highest BCUT2D eigenvalue weighted by atomic mass is 127. The van der Waals surface area contributed by atoms with Gasteiger partial charge in [0.05, 0.1) is 19.8 Å². The van der Waals surface area contributed by atoms with Crippen LogP contribution in [0.1, 0.15) is 30.9 Å². The summed E-state index contributed by atoms with van der Waals surface area (Å²) < 4.78 is 5.40. The maximum atomic E-state index is 12.0. The minimum absolute atomic E-state index is 0. The molecule has 0 bridgehead atoms. The Labute approximate surface area is 191 Å². The quantitative estimate of drug-likeness (QED) is 0.314. The van der Waals surface area contributed by atoms with Gasteiger partial charge < -0.3 is 20.3 Å². The summed E-state index contributed by atoms with van der Waals surface area (Å²) in [5.74, 6) is 1.10. The van der Waals surface area contributed by atoms with E-state index in [9.17, 15) is 4.79 Å². The molecule has 0 spiro atoms. The van der Waals surface area contributed by atoms with Crippen molar-refractivity contribution in [3.8, 4) is 0 Å². The number of carbonyl (C=O) groups is 1. The van der Waals surface area contributed by atoms with Crippen LogP contribution in [-0.4, -0.2) is 74.1 Å². The molecule has 7 nitrogen and oxygen atoms in total. The fraction of sp³-hybridized carbons (Fsp3) is 0.619. The highest BCUT2D eigenvalue weighted by Gasteiger charge is 2.20. The lowest BCUT2D eigenvalue weighted by Gasteiger charge is -2.26. The molecule has 1 aromatic carbocycles. The zero-order chi connectivity index (χ0) is 19.6. The normalized spacial score (nSPS) is 17.9. The molecule has 2 fully saturated rings. The summed E-state index contributed by atoms with van der Waals surface area (Å²) in [4.78, 5) is 21.1. The van der Waals surface area contributed by atoms with Crippen molar-refractivity contribution >= 4 is 35.8 Å². The molecule has 0 saturated carbocycles. The number of guanidine groups is 1. The standard InChI is InChI=1S/C21H33N5O2.HI/c1-2-22-21(23-9-11-25-12-14-28-15-13-25)24-16-18-6-3-4-7-19(18)17-26-10-5-8-20(26)27;/h3-4,6-7H,2,5,8-17H2,1H3,(H2,22,23,24);1H. The van der Waals surface area contributed by atoms with Gasteiger partial charge >= 0.3 is 0 Å². The summed E-state index contributed by atoms with van der Waals surface area (Å²) in [6, 6.07) is 8.29. The first-order valence-electron chi connectivity index (χ1n) is 10.4. The van der Waals surface area contributed by atoms with E-state index in [0.717, 1.165) is 64.9 Å². The number of nitrogens with zero attached hydrogens (tertiary/aromatic N) is 3. The van der Waals surface area contributed by atoms with Gasteiger partial charge in [0.25, 0.3) is 0 Å². The first-order valence-corrected chi connectivity index (χ1v) is 10.4. The third kappa shape index (κ3) is 7.75. The predicted molar refractivity (Wildman–Crippen MR) is 127 cm³/mol. The number of hydrogen-bond acceptors (Lipinski definition) is 4. The van der Waals surface area contributed by atoms with Crippen LogP contribution in [0, 0.1) is 0 Å². The molecule has 3 rings (SSSR count). The van der Waals surface area contributed by atoms with Gasteiger partial charge in [-0.1, -0.05) is 24.3 Å². The van der Waals surface area contributed by atoms with Crippen LogP contribution in [0.3, 0.4) is 0 Å². The lowest BCUT2D eigenvalue weighted by Crippen LogP contribution is -2.44. The van der Waals surface area contributed by atoms with Crippen LogP contribution in [0.5, 0.6) is 0 Å². The maximum absolute atomic E-state index is 12.0. The molecule has 1 amide bonds. The van der Waals surface area contributed by atoms with Crippen LogP contribution >= 0.6 is 24.0 Å². The number of halogens is 1. The Balaban J connectivity index is 0.00000300. The second kappa shape index (κ2) is 13.0. The van der Waals surface area contributed by atoms with E-state index in [4.69, 9.17) is 9.73 Å². The second-order valence-corrected chi connectivity index (χ2v) is 7.26. The minimum atomic E-state index is 0. The molecule has 0 radical (unpaired) electrons. The number of hydrogen-bond donors (Lipinski definition) is 2. The van der Waals surface area contributed by atoms with E-state index < -0.39 is 0 Å². The van der Waals surface area contributed by atoms with Gasteiger partial charge in [-0.15, -0.1) is 24.0 Å². The third-order valence-electron chi connectivity index (χ3n) is 5.23. The first kappa shape index (κ1) is 23.9. The van der Waals surface area contributed by atoms with Crippen molar-refractivity contribution in [3.63, 3.8) is 0 Å². The molecule has 162 valence electrons. The number of nitrogens with one attached hydrogen (secondary N) is 2. The van der Waals surface area contributed by atoms with E-state index in [2.05, 4.69) is 34.6 Å². The van der Waals surface area contributed by atoms with Crippen LogP contribution in [0.25, 0.3) is 0 Å².